The van der Waals surface area contributed by atoms with Crippen molar-refractivity contribution < 1.29 is 23.0 Å². The Bertz CT molecular complexity index is 1920. The number of fused-ring (bicyclic) bond motifs is 3. The first-order valence-electron chi connectivity index (χ1n) is 17.2. The minimum absolute atomic E-state index is 0.00240. The maximum atomic E-state index is 17.3. The van der Waals surface area contributed by atoms with Gasteiger partial charge in [-0.15, -0.1) is 5.54 Å². The average molecular weight is 705 g/mol. The van der Waals surface area contributed by atoms with Gasteiger partial charge in [-0.3, -0.25) is 0 Å². The molecule has 0 saturated carbocycles. The number of halogens is 2. The van der Waals surface area contributed by atoms with Crippen LogP contribution in [0.25, 0.3) is 32.9 Å². The monoisotopic (exact) mass is 704 g/mol. The molecule has 4 heterocycles. The van der Waals surface area contributed by atoms with Crippen LogP contribution in [0.1, 0.15) is 65.6 Å². The smallest absolute Gasteiger partial charge is 0.189 e. The predicted octanol–water partition coefficient (Wildman–Crippen LogP) is 8.94. The normalized spacial score (nSPS) is 16.6. The van der Waals surface area contributed by atoms with Crippen molar-refractivity contribution in [1.29, 1.82) is 0 Å². The molecular weight excluding hydrogens is 659 g/mol. The standard InChI is InChI=1S/C38H46F2N4O3SSi/c1-22(2)49(23(3)4,24(5)6)18-14-28-30(39)11-9-25-19-27(47-21-45-7)20-29(32(25)28)35-34(40)36-33-31(41-35)12-10-26-13-16-46-17-15-44(26)37(33)43-38(42-36)48-8/h9,11,19-20,22-24,26H,10,12-13,15-17,21H2,1-8H3. The number of hydrogen-bond acceptors (Lipinski definition) is 8. The van der Waals surface area contributed by atoms with Gasteiger partial charge in [-0.05, 0) is 65.7 Å². The van der Waals surface area contributed by atoms with Gasteiger partial charge in [-0.2, -0.15) is 0 Å². The summed E-state index contributed by atoms with van der Waals surface area (Å²) in [6.07, 6.45) is 4.17. The van der Waals surface area contributed by atoms with Crippen LogP contribution in [0.5, 0.6) is 5.75 Å². The highest BCUT2D eigenvalue weighted by molar-refractivity contribution is 7.98. The van der Waals surface area contributed by atoms with E-state index < -0.39 is 19.7 Å². The number of rotatable bonds is 8. The van der Waals surface area contributed by atoms with Crippen molar-refractivity contribution in [2.24, 2.45) is 0 Å². The molecule has 0 N–H and O–H groups in total. The quantitative estimate of drug-likeness (QED) is 0.0592. The molecule has 11 heteroatoms. The molecule has 2 aromatic heterocycles. The van der Waals surface area contributed by atoms with Crippen molar-refractivity contribution in [2.45, 2.75) is 88.6 Å². The van der Waals surface area contributed by atoms with Gasteiger partial charge in [0.05, 0.1) is 23.3 Å². The van der Waals surface area contributed by atoms with Crippen LogP contribution >= 0.6 is 11.8 Å². The Morgan fingerprint density at radius 1 is 1.00 bits per heavy atom. The summed E-state index contributed by atoms with van der Waals surface area (Å²) in [6, 6.07) is 6.87. The minimum atomic E-state index is -2.23. The molecule has 0 spiro atoms. The molecule has 2 aliphatic heterocycles. The number of benzene rings is 2. The number of hydrogen-bond donors (Lipinski definition) is 0. The Labute approximate surface area is 293 Å². The van der Waals surface area contributed by atoms with E-state index in [0.717, 1.165) is 18.5 Å². The Hall–Kier alpha value is -3.30. The van der Waals surface area contributed by atoms with Gasteiger partial charge in [0.25, 0.3) is 0 Å². The van der Waals surface area contributed by atoms with Crippen molar-refractivity contribution in [3.63, 3.8) is 0 Å². The third-order valence-electron chi connectivity index (χ3n) is 10.4. The lowest BCUT2D eigenvalue weighted by Gasteiger charge is -2.38. The number of ether oxygens (including phenoxy) is 3. The van der Waals surface area contributed by atoms with Gasteiger partial charge in [0.1, 0.15) is 36.7 Å². The maximum absolute atomic E-state index is 17.3. The predicted molar refractivity (Wildman–Crippen MR) is 197 cm³/mol. The first-order valence-corrected chi connectivity index (χ1v) is 20.7. The lowest BCUT2D eigenvalue weighted by molar-refractivity contribution is 0.0512. The van der Waals surface area contributed by atoms with Crippen LogP contribution < -0.4 is 9.64 Å². The van der Waals surface area contributed by atoms with Crippen LogP contribution in [0.3, 0.4) is 0 Å². The summed E-state index contributed by atoms with van der Waals surface area (Å²) in [7, 11) is -0.691. The first kappa shape index (κ1) is 35.5. The van der Waals surface area contributed by atoms with E-state index >= 15 is 8.78 Å². The van der Waals surface area contributed by atoms with E-state index in [1.807, 2.05) is 12.3 Å². The van der Waals surface area contributed by atoms with Crippen molar-refractivity contribution in [2.75, 3.05) is 44.8 Å². The van der Waals surface area contributed by atoms with Crippen molar-refractivity contribution in [3.05, 3.63) is 47.2 Å². The van der Waals surface area contributed by atoms with Gasteiger partial charge >= 0.3 is 0 Å². The minimum Gasteiger partial charge on any atom is -0.468 e. The molecule has 2 aliphatic rings. The fourth-order valence-electron chi connectivity index (χ4n) is 8.11. The summed E-state index contributed by atoms with van der Waals surface area (Å²) < 4.78 is 50.3. The van der Waals surface area contributed by atoms with Crippen LogP contribution in [0, 0.1) is 23.1 Å². The largest absolute Gasteiger partial charge is 0.468 e. The molecule has 0 amide bonds. The zero-order valence-electron chi connectivity index (χ0n) is 29.7. The number of aromatic nitrogens is 3. The maximum Gasteiger partial charge on any atom is 0.189 e. The first-order chi connectivity index (χ1) is 23.5. The van der Waals surface area contributed by atoms with Gasteiger partial charge < -0.3 is 19.1 Å². The Morgan fingerprint density at radius 3 is 2.45 bits per heavy atom. The Morgan fingerprint density at radius 2 is 1.76 bits per heavy atom. The molecule has 49 heavy (non-hydrogen) atoms. The number of nitrogens with zero attached hydrogens (tertiary/aromatic N) is 4. The van der Waals surface area contributed by atoms with E-state index in [-0.39, 0.29) is 29.6 Å². The molecule has 1 atom stereocenters. The number of aryl methyl sites for hydroxylation is 1. The fraction of sp³-hybridized carbons (Fsp3) is 0.500. The number of pyridine rings is 1. The molecular formula is C38H46F2N4O3SSi. The van der Waals surface area contributed by atoms with Crippen molar-refractivity contribution >= 4 is 47.3 Å². The van der Waals surface area contributed by atoms with E-state index in [1.165, 1.54) is 17.8 Å². The van der Waals surface area contributed by atoms with Crippen LogP contribution in [-0.2, 0) is 15.9 Å². The average Bonchev–Trinajstić information content (AvgIpc) is 3.39. The lowest BCUT2D eigenvalue weighted by atomic mass is 9.95. The summed E-state index contributed by atoms with van der Waals surface area (Å²) in [5.41, 5.74) is 6.47. The molecule has 2 aromatic carbocycles. The lowest BCUT2D eigenvalue weighted by Crippen LogP contribution is -2.43. The molecule has 4 aromatic rings. The van der Waals surface area contributed by atoms with E-state index in [4.69, 9.17) is 29.2 Å². The molecule has 6 rings (SSSR count). The van der Waals surface area contributed by atoms with Gasteiger partial charge in [0.15, 0.2) is 17.8 Å². The van der Waals surface area contributed by atoms with Crippen molar-refractivity contribution in [1.82, 2.24) is 15.0 Å². The third kappa shape index (κ3) is 6.42. The summed E-state index contributed by atoms with van der Waals surface area (Å²) in [5.74, 6) is 3.49. The van der Waals surface area contributed by atoms with E-state index in [2.05, 4.69) is 57.9 Å². The van der Waals surface area contributed by atoms with Crippen LogP contribution in [-0.4, -0.2) is 69.0 Å². The number of anilines is 1. The molecule has 0 aliphatic carbocycles. The van der Waals surface area contributed by atoms with Gasteiger partial charge in [0.2, 0.25) is 0 Å². The summed E-state index contributed by atoms with van der Waals surface area (Å²) in [5, 5.41) is 2.29. The highest BCUT2D eigenvalue weighted by Gasteiger charge is 2.42. The van der Waals surface area contributed by atoms with Gasteiger partial charge in [0, 0.05) is 37.3 Å². The van der Waals surface area contributed by atoms with Gasteiger partial charge in [-0.1, -0.05) is 65.3 Å². The summed E-state index contributed by atoms with van der Waals surface area (Å²) >= 11 is 1.37. The fourth-order valence-corrected chi connectivity index (χ4v) is 13.7. The Balaban J connectivity index is 1.68. The Kier molecular flexibility index (Phi) is 10.5. The van der Waals surface area contributed by atoms with Crippen LogP contribution in [0.15, 0.2) is 29.4 Å². The summed E-state index contributed by atoms with van der Waals surface area (Å²) in [4.78, 5) is 17.0. The van der Waals surface area contributed by atoms with E-state index in [9.17, 15) is 0 Å². The van der Waals surface area contributed by atoms with E-state index in [1.54, 1.807) is 19.2 Å². The second kappa shape index (κ2) is 14.5. The zero-order valence-corrected chi connectivity index (χ0v) is 31.6. The van der Waals surface area contributed by atoms with Crippen LogP contribution in [0.4, 0.5) is 14.6 Å². The van der Waals surface area contributed by atoms with Crippen molar-refractivity contribution in [3.8, 4) is 28.5 Å². The number of methoxy groups -OCH3 is 1. The molecule has 1 unspecified atom stereocenters. The number of thioether (sulfide) groups is 1. The van der Waals surface area contributed by atoms with E-state index in [0.29, 0.717) is 81.2 Å². The molecule has 1 saturated heterocycles. The molecule has 1 fully saturated rings. The third-order valence-corrected chi connectivity index (χ3v) is 17.2. The topological polar surface area (TPSA) is 69.6 Å². The molecule has 0 radical (unpaired) electrons. The van der Waals surface area contributed by atoms with Gasteiger partial charge in [-0.25, -0.2) is 23.7 Å². The zero-order chi connectivity index (χ0) is 35.0. The highest BCUT2D eigenvalue weighted by atomic mass is 32.2. The second-order valence-corrected chi connectivity index (χ2v) is 20.3. The SMILES string of the molecule is COCOc1cc(-c2nc3c4c(nc(SC)nc4c2F)N2CCOCCC2CC3)c2c(C#C[Si](C(C)C)(C(C)C)C(C)C)c(F)ccc2c1. The molecule has 260 valence electrons. The van der Waals surface area contributed by atoms with Crippen LogP contribution in [0.2, 0.25) is 16.6 Å². The summed E-state index contributed by atoms with van der Waals surface area (Å²) in [6.45, 7) is 15.3. The highest BCUT2D eigenvalue weighted by Crippen LogP contribution is 2.44. The molecule has 0 bridgehead atoms. The second-order valence-electron chi connectivity index (χ2n) is 14.0. The molecule has 7 nitrogen and oxygen atoms in total.